The average Bonchev–Trinajstić information content (AvgIpc) is 2.90. The Bertz CT molecular complexity index is 498. The molecule has 1 atom stereocenters. The molecule has 1 unspecified atom stereocenters. The molecule has 0 aliphatic carbocycles. The summed E-state index contributed by atoms with van der Waals surface area (Å²) in [6, 6.07) is 7.40. The highest BCUT2D eigenvalue weighted by Gasteiger charge is 2.34. The minimum Gasteiger partial charge on any atom is -0.490 e. The lowest BCUT2D eigenvalue weighted by Crippen LogP contribution is -2.36. The molecule has 124 valence electrons. The standard InChI is InChI=1S/C16H24N2O3.ClH/c1-3-20-13-6-4-5-7-14(13)21-10-15(19)18-9-8-16(2,11-17)12-18;/h4-7H,3,8-12,17H2,1-2H3;1H. The van der Waals surface area contributed by atoms with Crippen molar-refractivity contribution in [1.29, 1.82) is 0 Å². The van der Waals surface area contributed by atoms with Gasteiger partial charge in [0.2, 0.25) is 0 Å². The SMILES string of the molecule is CCOc1ccccc1OCC(=O)N1CCC(C)(CN)C1.Cl. The molecule has 2 rings (SSSR count). The topological polar surface area (TPSA) is 64.8 Å². The summed E-state index contributed by atoms with van der Waals surface area (Å²) < 4.78 is 11.1. The van der Waals surface area contributed by atoms with Crippen LogP contribution in [0.15, 0.2) is 24.3 Å². The third-order valence-corrected chi connectivity index (χ3v) is 3.90. The second kappa shape index (κ2) is 8.25. The first kappa shape index (κ1) is 18.6. The minimum atomic E-state index is -0.00141. The maximum Gasteiger partial charge on any atom is 0.260 e. The van der Waals surface area contributed by atoms with E-state index in [-0.39, 0.29) is 30.3 Å². The fourth-order valence-corrected chi connectivity index (χ4v) is 2.48. The fourth-order valence-electron chi connectivity index (χ4n) is 2.48. The number of rotatable bonds is 6. The predicted octanol–water partition coefficient (Wildman–Crippen LogP) is 2.08. The lowest BCUT2D eigenvalue weighted by atomic mass is 9.90. The molecule has 0 aromatic heterocycles. The van der Waals surface area contributed by atoms with Crippen molar-refractivity contribution < 1.29 is 14.3 Å². The van der Waals surface area contributed by atoms with Crippen LogP contribution in [0.25, 0.3) is 0 Å². The Morgan fingerprint density at radius 2 is 1.95 bits per heavy atom. The van der Waals surface area contributed by atoms with E-state index in [9.17, 15) is 4.79 Å². The highest BCUT2D eigenvalue weighted by atomic mass is 35.5. The number of para-hydroxylation sites is 2. The molecule has 6 heteroatoms. The normalized spacial score (nSPS) is 20.4. The van der Waals surface area contributed by atoms with Crippen LogP contribution in [-0.4, -0.2) is 43.7 Å². The molecular formula is C16H25ClN2O3. The first-order valence-electron chi connectivity index (χ1n) is 7.40. The van der Waals surface area contributed by atoms with Gasteiger partial charge in [-0.3, -0.25) is 4.79 Å². The van der Waals surface area contributed by atoms with Crippen LogP contribution in [0, 0.1) is 5.41 Å². The maximum absolute atomic E-state index is 12.2. The van der Waals surface area contributed by atoms with Crippen molar-refractivity contribution >= 4 is 18.3 Å². The van der Waals surface area contributed by atoms with E-state index in [1.54, 1.807) is 0 Å². The Morgan fingerprint density at radius 1 is 1.32 bits per heavy atom. The summed E-state index contributed by atoms with van der Waals surface area (Å²) in [5, 5.41) is 0. The zero-order chi connectivity index (χ0) is 15.3. The van der Waals surface area contributed by atoms with Gasteiger partial charge in [-0.25, -0.2) is 0 Å². The van der Waals surface area contributed by atoms with E-state index in [1.807, 2.05) is 36.1 Å². The molecule has 22 heavy (non-hydrogen) atoms. The minimum absolute atomic E-state index is 0. The zero-order valence-electron chi connectivity index (χ0n) is 13.2. The van der Waals surface area contributed by atoms with Crippen LogP contribution in [0.1, 0.15) is 20.3 Å². The van der Waals surface area contributed by atoms with Crippen molar-refractivity contribution in [3.8, 4) is 11.5 Å². The Kier molecular flexibility index (Phi) is 6.97. The van der Waals surface area contributed by atoms with Crippen molar-refractivity contribution in [3.05, 3.63) is 24.3 Å². The van der Waals surface area contributed by atoms with E-state index in [0.717, 1.165) is 13.0 Å². The van der Waals surface area contributed by atoms with Gasteiger partial charge < -0.3 is 20.1 Å². The van der Waals surface area contributed by atoms with Gasteiger partial charge in [0, 0.05) is 13.1 Å². The van der Waals surface area contributed by atoms with Crippen LogP contribution >= 0.6 is 12.4 Å². The molecule has 0 saturated carbocycles. The van der Waals surface area contributed by atoms with Crippen LogP contribution in [0.4, 0.5) is 0 Å². The molecule has 0 radical (unpaired) electrons. The average molecular weight is 329 g/mol. The van der Waals surface area contributed by atoms with E-state index in [1.165, 1.54) is 0 Å². The number of halogens is 1. The molecule has 1 heterocycles. The number of carbonyl (C=O) groups is 1. The first-order valence-corrected chi connectivity index (χ1v) is 7.40. The molecule has 1 aliphatic rings. The Labute approximate surface area is 138 Å². The van der Waals surface area contributed by atoms with E-state index < -0.39 is 0 Å². The van der Waals surface area contributed by atoms with Crippen LogP contribution in [-0.2, 0) is 4.79 Å². The summed E-state index contributed by atoms with van der Waals surface area (Å²) >= 11 is 0. The summed E-state index contributed by atoms with van der Waals surface area (Å²) in [5.41, 5.74) is 5.80. The zero-order valence-corrected chi connectivity index (χ0v) is 14.0. The van der Waals surface area contributed by atoms with Crippen molar-refractivity contribution in [1.82, 2.24) is 4.90 Å². The van der Waals surface area contributed by atoms with Gasteiger partial charge in [-0.2, -0.15) is 0 Å². The summed E-state index contributed by atoms with van der Waals surface area (Å²) in [6.45, 7) is 6.69. The number of ether oxygens (including phenoxy) is 2. The maximum atomic E-state index is 12.2. The largest absolute Gasteiger partial charge is 0.490 e. The van der Waals surface area contributed by atoms with E-state index >= 15 is 0 Å². The molecule has 1 amide bonds. The highest BCUT2D eigenvalue weighted by Crippen LogP contribution is 2.29. The van der Waals surface area contributed by atoms with Crippen molar-refractivity contribution in [3.63, 3.8) is 0 Å². The quantitative estimate of drug-likeness (QED) is 0.868. The Balaban J connectivity index is 0.00000242. The number of likely N-dealkylation sites (tertiary alicyclic amines) is 1. The van der Waals surface area contributed by atoms with Gasteiger partial charge in [-0.1, -0.05) is 19.1 Å². The number of nitrogens with two attached hydrogens (primary N) is 1. The molecule has 1 aliphatic heterocycles. The molecule has 0 bridgehead atoms. The third kappa shape index (κ3) is 4.52. The summed E-state index contributed by atoms with van der Waals surface area (Å²) in [6.07, 6.45) is 0.949. The lowest BCUT2D eigenvalue weighted by Gasteiger charge is -2.22. The second-order valence-electron chi connectivity index (χ2n) is 5.75. The van der Waals surface area contributed by atoms with Gasteiger partial charge in [-0.05, 0) is 37.4 Å². The molecule has 1 aromatic rings. The van der Waals surface area contributed by atoms with Gasteiger partial charge >= 0.3 is 0 Å². The molecule has 5 nitrogen and oxygen atoms in total. The number of hydrogen-bond donors (Lipinski definition) is 1. The molecule has 1 aromatic carbocycles. The Hall–Kier alpha value is -1.46. The molecular weight excluding hydrogens is 304 g/mol. The van der Waals surface area contributed by atoms with Crippen molar-refractivity contribution in [2.45, 2.75) is 20.3 Å². The predicted molar refractivity (Wildman–Crippen MR) is 88.7 cm³/mol. The Morgan fingerprint density at radius 3 is 2.50 bits per heavy atom. The first-order chi connectivity index (χ1) is 10.1. The van der Waals surface area contributed by atoms with Crippen LogP contribution < -0.4 is 15.2 Å². The second-order valence-corrected chi connectivity index (χ2v) is 5.75. The molecule has 1 fully saturated rings. The van der Waals surface area contributed by atoms with Crippen LogP contribution in [0.5, 0.6) is 11.5 Å². The van der Waals surface area contributed by atoms with Crippen molar-refractivity contribution in [2.75, 3.05) is 32.8 Å². The van der Waals surface area contributed by atoms with E-state index in [0.29, 0.717) is 31.2 Å². The summed E-state index contributed by atoms with van der Waals surface area (Å²) in [7, 11) is 0. The van der Waals surface area contributed by atoms with Gasteiger partial charge in [-0.15, -0.1) is 12.4 Å². The number of carbonyl (C=O) groups excluding carboxylic acids is 1. The molecule has 0 spiro atoms. The summed E-state index contributed by atoms with van der Waals surface area (Å²) in [4.78, 5) is 14.0. The van der Waals surface area contributed by atoms with Gasteiger partial charge in [0.25, 0.3) is 5.91 Å². The van der Waals surface area contributed by atoms with Gasteiger partial charge in [0.1, 0.15) is 0 Å². The van der Waals surface area contributed by atoms with Gasteiger partial charge in [0.15, 0.2) is 18.1 Å². The number of hydrogen-bond acceptors (Lipinski definition) is 4. The van der Waals surface area contributed by atoms with Crippen LogP contribution in [0.3, 0.4) is 0 Å². The van der Waals surface area contributed by atoms with E-state index in [4.69, 9.17) is 15.2 Å². The van der Waals surface area contributed by atoms with Gasteiger partial charge in [0.05, 0.1) is 6.61 Å². The highest BCUT2D eigenvalue weighted by molar-refractivity contribution is 5.85. The monoisotopic (exact) mass is 328 g/mol. The fraction of sp³-hybridized carbons (Fsp3) is 0.562. The number of amides is 1. The van der Waals surface area contributed by atoms with Crippen molar-refractivity contribution in [2.24, 2.45) is 11.1 Å². The third-order valence-electron chi connectivity index (χ3n) is 3.90. The summed E-state index contributed by atoms with van der Waals surface area (Å²) in [5.74, 6) is 1.27. The van der Waals surface area contributed by atoms with Crippen LogP contribution in [0.2, 0.25) is 0 Å². The number of benzene rings is 1. The van der Waals surface area contributed by atoms with E-state index in [2.05, 4.69) is 6.92 Å². The number of nitrogens with zero attached hydrogens (tertiary/aromatic N) is 1. The molecule has 2 N–H and O–H groups in total. The molecule has 1 saturated heterocycles. The smallest absolute Gasteiger partial charge is 0.260 e. The lowest BCUT2D eigenvalue weighted by molar-refractivity contribution is -0.132.